The van der Waals surface area contributed by atoms with Crippen LogP contribution < -0.4 is 9.47 Å². The van der Waals surface area contributed by atoms with E-state index < -0.39 is 6.10 Å². The Morgan fingerprint density at radius 3 is 2.71 bits per heavy atom. The first-order valence-corrected chi connectivity index (χ1v) is 11.1. The highest BCUT2D eigenvalue weighted by Gasteiger charge is 2.31. The molecular formula is C24H33N3O4. The van der Waals surface area contributed by atoms with Gasteiger partial charge in [0.2, 0.25) is 0 Å². The predicted octanol–water partition coefficient (Wildman–Crippen LogP) is 2.68. The molecule has 1 aromatic heterocycles. The van der Waals surface area contributed by atoms with Gasteiger partial charge in [0.1, 0.15) is 19.3 Å². The maximum atomic E-state index is 13.5. The van der Waals surface area contributed by atoms with Crippen molar-refractivity contribution in [3.63, 3.8) is 0 Å². The number of aryl methyl sites for hydroxylation is 1. The van der Waals surface area contributed by atoms with Crippen molar-refractivity contribution in [2.24, 2.45) is 13.0 Å². The standard InChI is InChI=1S/C24H33N3O4/c1-18(2)14-27(15-19-6-7-21-22(13-19)31-12-11-30-21)24(28)23-17-26(9-10-29-23)16-20-5-4-8-25(20)3/h4-8,13,18,23H,9-12,14-17H2,1-3H3. The van der Waals surface area contributed by atoms with Crippen LogP contribution in [0.25, 0.3) is 0 Å². The molecule has 2 aliphatic rings. The third kappa shape index (κ3) is 5.40. The number of rotatable bonds is 7. The summed E-state index contributed by atoms with van der Waals surface area (Å²) in [6.07, 6.45) is 1.61. The predicted molar refractivity (Wildman–Crippen MR) is 118 cm³/mol. The van der Waals surface area contributed by atoms with Crippen LogP contribution in [0.1, 0.15) is 25.1 Å². The average molecular weight is 428 g/mol. The molecule has 1 saturated heterocycles. The average Bonchev–Trinajstić information content (AvgIpc) is 3.17. The van der Waals surface area contributed by atoms with Gasteiger partial charge >= 0.3 is 0 Å². The molecule has 0 bridgehead atoms. The van der Waals surface area contributed by atoms with E-state index in [4.69, 9.17) is 14.2 Å². The van der Waals surface area contributed by atoms with Gasteiger partial charge < -0.3 is 23.7 Å². The Labute approximate surface area is 184 Å². The summed E-state index contributed by atoms with van der Waals surface area (Å²) in [5.41, 5.74) is 2.28. The number of aromatic nitrogens is 1. The second kappa shape index (κ2) is 9.75. The number of carbonyl (C=O) groups excluding carboxylic acids is 1. The molecule has 0 aliphatic carbocycles. The zero-order valence-electron chi connectivity index (χ0n) is 18.8. The lowest BCUT2D eigenvalue weighted by Crippen LogP contribution is -2.51. The van der Waals surface area contributed by atoms with Gasteiger partial charge in [0.05, 0.1) is 6.61 Å². The van der Waals surface area contributed by atoms with Crippen molar-refractivity contribution < 1.29 is 19.0 Å². The van der Waals surface area contributed by atoms with Crippen molar-refractivity contribution in [1.29, 1.82) is 0 Å². The summed E-state index contributed by atoms with van der Waals surface area (Å²) < 4.78 is 19.4. The molecule has 1 atom stereocenters. The normalized spacial score (nSPS) is 18.9. The molecule has 2 aliphatic heterocycles. The van der Waals surface area contributed by atoms with E-state index in [1.807, 2.05) is 23.1 Å². The fourth-order valence-corrected chi connectivity index (χ4v) is 4.17. The van der Waals surface area contributed by atoms with Crippen molar-refractivity contribution >= 4 is 5.91 Å². The molecule has 2 aromatic rings. The number of ether oxygens (including phenoxy) is 3. The Kier molecular flexibility index (Phi) is 6.83. The molecule has 1 aromatic carbocycles. The molecule has 168 valence electrons. The monoisotopic (exact) mass is 427 g/mol. The molecule has 0 saturated carbocycles. The van der Waals surface area contributed by atoms with E-state index >= 15 is 0 Å². The fraction of sp³-hybridized carbons (Fsp3) is 0.542. The number of hydrogen-bond acceptors (Lipinski definition) is 5. The first kappa shape index (κ1) is 21.7. The number of morpholine rings is 1. The molecule has 1 fully saturated rings. The zero-order valence-corrected chi connectivity index (χ0v) is 18.8. The third-order valence-corrected chi connectivity index (χ3v) is 5.74. The first-order chi connectivity index (χ1) is 15.0. The van der Waals surface area contributed by atoms with Gasteiger partial charge in [-0.25, -0.2) is 0 Å². The van der Waals surface area contributed by atoms with Crippen LogP contribution in [0, 0.1) is 5.92 Å². The molecule has 1 unspecified atom stereocenters. The van der Waals surface area contributed by atoms with E-state index in [-0.39, 0.29) is 5.91 Å². The lowest BCUT2D eigenvalue weighted by Gasteiger charge is -2.35. The topological polar surface area (TPSA) is 56.2 Å². The molecular weight excluding hydrogens is 394 g/mol. The lowest BCUT2D eigenvalue weighted by molar-refractivity contribution is -0.151. The number of carbonyl (C=O) groups is 1. The molecule has 0 spiro atoms. The van der Waals surface area contributed by atoms with Crippen LogP contribution in [0.3, 0.4) is 0 Å². The highest BCUT2D eigenvalue weighted by atomic mass is 16.6. The SMILES string of the molecule is CC(C)CN(Cc1ccc2c(c1)OCCO2)C(=O)C1CN(Cc2cccn2C)CCO1. The van der Waals surface area contributed by atoms with Crippen molar-refractivity contribution in [3.8, 4) is 11.5 Å². The quantitative estimate of drug-likeness (QED) is 0.680. The van der Waals surface area contributed by atoms with Gasteiger partial charge in [0.15, 0.2) is 11.5 Å². The summed E-state index contributed by atoms with van der Waals surface area (Å²) in [6, 6.07) is 10.1. The van der Waals surface area contributed by atoms with E-state index in [9.17, 15) is 4.79 Å². The van der Waals surface area contributed by atoms with Gasteiger partial charge in [0.25, 0.3) is 5.91 Å². The Morgan fingerprint density at radius 2 is 1.97 bits per heavy atom. The molecule has 31 heavy (non-hydrogen) atoms. The molecule has 7 heteroatoms. The summed E-state index contributed by atoms with van der Waals surface area (Å²) >= 11 is 0. The molecule has 3 heterocycles. The molecule has 7 nitrogen and oxygen atoms in total. The zero-order chi connectivity index (χ0) is 21.8. The van der Waals surface area contributed by atoms with Crippen molar-refractivity contribution in [2.45, 2.75) is 33.0 Å². The Bertz CT molecular complexity index is 895. The van der Waals surface area contributed by atoms with E-state index in [2.05, 4.69) is 48.7 Å². The smallest absolute Gasteiger partial charge is 0.253 e. The molecule has 1 amide bonds. The van der Waals surface area contributed by atoms with Crippen LogP contribution in [0.2, 0.25) is 0 Å². The Morgan fingerprint density at radius 1 is 1.16 bits per heavy atom. The number of nitrogens with zero attached hydrogens (tertiary/aromatic N) is 3. The second-order valence-corrected chi connectivity index (χ2v) is 8.80. The van der Waals surface area contributed by atoms with Crippen LogP contribution in [0.5, 0.6) is 11.5 Å². The van der Waals surface area contributed by atoms with Crippen LogP contribution in [-0.2, 0) is 29.7 Å². The van der Waals surface area contributed by atoms with Gasteiger partial charge in [0, 0.05) is 51.7 Å². The number of benzene rings is 1. The maximum absolute atomic E-state index is 13.5. The minimum atomic E-state index is -0.440. The molecule has 0 radical (unpaired) electrons. The summed E-state index contributed by atoms with van der Waals surface area (Å²) in [4.78, 5) is 17.7. The first-order valence-electron chi connectivity index (χ1n) is 11.1. The number of amides is 1. The number of hydrogen-bond donors (Lipinski definition) is 0. The van der Waals surface area contributed by atoms with Gasteiger partial charge in [-0.05, 0) is 35.7 Å². The Balaban J connectivity index is 1.44. The third-order valence-electron chi connectivity index (χ3n) is 5.74. The fourth-order valence-electron chi connectivity index (χ4n) is 4.17. The van der Waals surface area contributed by atoms with E-state index in [1.54, 1.807) is 0 Å². The van der Waals surface area contributed by atoms with Gasteiger partial charge in [-0.2, -0.15) is 0 Å². The van der Waals surface area contributed by atoms with Crippen LogP contribution in [0.15, 0.2) is 36.5 Å². The molecule has 0 N–H and O–H groups in total. The summed E-state index contributed by atoms with van der Waals surface area (Å²) in [6.45, 7) is 9.45. The summed E-state index contributed by atoms with van der Waals surface area (Å²) in [5.74, 6) is 1.94. The van der Waals surface area contributed by atoms with Gasteiger partial charge in [-0.15, -0.1) is 0 Å². The highest BCUT2D eigenvalue weighted by Crippen LogP contribution is 2.31. The van der Waals surface area contributed by atoms with Crippen LogP contribution in [0.4, 0.5) is 0 Å². The summed E-state index contributed by atoms with van der Waals surface area (Å²) in [7, 11) is 2.05. The number of fused-ring (bicyclic) bond motifs is 1. The van der Waals surface area contributed by atoms with Crippen molar-refractivity contribution in [2.75, 3.05) is 39.5 Å². The van der Waals surface area contributed by atoms with E-state index in [1.165, 1.54) is 5.69 Å². The van der Waals surface area contributed by atoms with Crippen molar-refractivity contribution in [1.82, 2.24) is 14.4 Å². The van der Waals surface area contributed by atoms with Crippen LogP contribution in [-0.4, -0.2) is 65.8 Å². The van der Waals surface area contributed by atoms with Gasteiger partial charge in [-0.1, -0.05) is 19.9 Å². The van der Waals surface area contributed by atoms with Gasteiger partial charge in [-0.3, -0.25) is 9.69 Å². The van der Waals surface area contributed by atoms with E-state index in [0.717, 1.165) is 30.2 Å². The maximum Gasteiger partial charge on any atom is 0.253 e. The minimum absolute atomic E-state index is 0.0557. The molecule has 4 rings (SSSR count). The minimum Gasteiger partial charge on any atom is -0.486 e. The largest absolute Gasteiger partial charge is 0.486 e. The van der Waals surface area contributed by atoms with Crippen LogP contribution >= 0.6 is 0 Å². The Hall–Kier alpha value is -2.51. The lowest BCUT2D eigenvalue weighted by atomic mass is 10.1. The van der Waals surface area contributed by atoms with E-state index in [0.29, 0.717) is 45.4 Å². The van der Waals surface area contributed by atoms with Crippen molar-refractivity contribution in [3.05, 3.63) is 47.8 Å². The summed E-state index contributed by atoms with van der Waals surface area (Å²) in [5, 5.41) is 0. The highest BCUT2D eigenvalue weighted by molar-refractivity contribution is 5.81. The second-order valence-electron chi connectivity index (χ2n) is 8.80.